The Hall–Kier alpha value is -2.93. The standard InChI is InChI=1S/C20H24N6O/c1-13-3-4-14-10-17(23-16(14)9-13)20(27)26-8-6-15(11-26)25(2)12-19-22-7-5-18(21)24-19/h3-5,7,9-10,15,23H,6,8,11-12H2,1-2H3,(H2,21,22,24). The van der Waals surface area contributed by atoms with E-state index in [4.69, 9.17) is 5.73 Å². The van der Waals surface area contributed by atoms with Crippen molar-refractivity contribution in [3.63, 3.8) is 0 Å². The Bertz CT molecular complexity index is 982. The second kappa shape index (κ2) is 7.00. The van der Waals surface area contributed by atoms with E-state index in [0.29, 0.717) is 30.4 Å². The van der Waals surface area contributed by atoms with Crippen LogP contribution in [0.4, 0.5) is 5.82 Å². The zero-order valence-electron chi connectivity index (χ0n) is 15.6. The number of amides is 1. The molecule has 7 nitrogen and oxygen atoms in total. The van der Waals surface area contributed by atoms with Crippen LogP contribution in [0.5, 0.6) is 0 Å². The normalized spacial score (nSPS) is 17.1. The number of carbonyl (C=O) groups is 1. The van der Waals surface area contributed by atoms with Gasteiger partial charge in [-0.05, 0) is 44.2 Å². The van der Waals surface area contributed by atoms with E-state index in [9.17, 15) is 4.79 Å². The van der Waals surface area contributed by atoms with Gasteiger partial charge in [0, 0.05) is 36.2 Å². The van der Waals surface area contributed by atoms with E-state index in [2.05, 4.69) is 32.0 Å². The Labute approximate surface area is 158 Å². The van der Waals surface area contributed by atoms with Gasteiger partial charge in [0.2, 0.25) is 0 Å². The summed E-state index contributed by atoms with van der Waals surface area (Å²) < 4.78 is 0. The van der Waals surface area contributed by atoms with Crippen LogP contribution in [0.15, 0.2) is 36.5 Å². The van der Waals surface area contributed by atoms with Gasteiger partial charge in [-0.3, -0.25) is 9.69 Å². The molecule has 1 atom stereocenters. The number of aryl methyl sites for hydroxylation is 1. The summed E-state index contributed by atoms with van der Waals surface area (Å²) in [7, 11) is 2.04. The molecular formula is C20H24N6O. The Balaban J connectivity index is 1.42. The van der Waals surface area contributed by atoms with Crippen molar-refractivity contribution in [1.82, 2.24) is 24.8 Å². The summed E-state index contributed by atoms with van der Waals surface area (Å²) >= 11 is 0. The molecule has 0 radical (unpaired) electrons. The molecule has 0 bridgehead atoms. The predicted octanol–water partition coefficient (Wildman–Crippen LogP) is 2.20. The summed E-state index contributed by atoms with van der Waals surface area (Å²) in [5, 5.41) is 1.07. The van der Waals surface area contributed by atoms with Crippen LogP contribution in [0.2, 0.25) is 0 Å². The first kappa shape index (κ1) is 17.5. The van der Waals surface area contributed by atoms with Crippen molar-refractivity contribution < 1.29 is 4.79 Å². The number of hydrogen-bond donors (Lipinski definition) is 2. The largest absolute Gasteiger partial charge is 0.384 e. The zero-order chi connectivity index (χ0) is 19.0. The van der Waals surface area contributed by atoms with Gasteiger partial charge < -0.3 is 15.6 Å². The summed E-state index contributed by atoms with van der Waals surface area (Å²) in [5.41, 5.74) is 8.56. The van der Waals surface area contributed by atoms with E-state index in [1.54, 1.807) is 12.3 Å². The molecule has 0 aliphatic carbocycles. The maximum absolute atomic E-state index is 12.9. The number of likely N-dealkylation sites (N-methyl/N-ethyl adjacent to an activating group) is 1. The Kier molecular flexibility index (Phi) is 4.53. The van der Waals surface area contributed by atoms with Crippen molar-refractivity contribution in [2.24, 2.45) is 0 Å². The Morgan fingerprint density at radius 2 is 2.22 bits per heavy atom. The number of rotatable bonds is 4. The van der Waals surface area contributed by atoms with Crippen LogP contribution in [0.3, 0.4) is 0 Å². The van der Waals surface area contributed by atoms with Crippen LogP contribution in [0, 0.1) is 6.92 Å². The van der Waals surface area contributed by atoms with Crippen molar-refractivity contribution in [3.05, 3.63) is 53.6 Å². The number of nitrogen functional groups attached to an aromatic ring is 1. The van der Waals surface area contributed by atoms with Gasteiger partial charge in [0.1, 0.15) is 17.3 Å². The van der Waals surface area contributed by atoms with Gasteiger partial charge in [-0.1, -0.05) is 12.1 Å². The fourth-order valence-electron chi connectivity index (χ4n) is 3.66. The molecule has 3 heterocycles. The van der Waals surface area contributed by atoms with Crippen LogP contribution in [0.1, 0.15) is 28.3 Å². The third-order valence-corrected chi connectivity index (χ3v) is 5.20. The summed E-state index contributed by atoms with van der Waals surface area (Å²) in [6.07, 6.45) is 2.61. The van der Waals surface area contributed by atoms with Gasteiger partial charge in [0.15, 0.2) is 0 Å². The van der Waals surface area contributed by atoms with E-state index in [1.807, 2.05) is 31.0 Å². The Morgan fingerprint density at radius 3 is 3.04 bits per heavy atom. The lowest BCUT2D eigenvalue weighted by molar-refractivity contribution is 0.0774. The maximum atomic E-state index is 12.9. The highest BCUT2D eigenvalue weighted by Crippen LogP contribution is 2.21. The van der Waals surface area contributed by atoms with Crippen LogP contribution in [-0.2, 0) is 6.54 Å². The zero-order valence-corrected chi connectivity index (χ0v) is 15.6. The van der Waals surface area contributed by atoms with Crippen LogP contribution in [0.25, 0.3) is 10.9 Å². The van der Waals surface area contributed by atoms with Crippen molar-refractivity contribution in [3.8, 4) is 0 Å². The molecule has 1 fully saturated rings. The SMILES string of the molecule is Cc1ccc2cc(C(=O)N3CCC(N(C)Cc4nccc(N)n4)C3)[nH]c2c1. The second-order valence-electron chi connectivity index (χ2n) is 7.28. The van der Waals surface area contributed by atoms with Crippen molar-refractivity contribution in [2.45, 2.75) is 25.9 Å². The molecule has 1 aliphatic rings. The van der Waals surface area contributed by atoms with Crippen molar-refractivity contribution in [1.29, 1.82) is 0 Å². The average Bonchev–Trinajstić information content (AvgIpc) is 3.28. The first-order chi connectivity index (χ1) is 13.0. The fraction of sp³-hybridized carbons (Fsp3) is 0.350. The first-order valence-electron chi connectivity index (χ1n) is 9.16. The van der Waals surface area contributed by atoms with Gasteiger partial charge in [-0.2, -0.15) is 0 Å². The molecule has 1 saturated heterocycles. The van der Waals surface area contributed by atoms with Gasteiger partial charge in [0.25, 0.3) is 5.91 Å². The minimum atomic E-state index is 0.0555. The number of nitrogens with two attached hydrogens (primary N) is 1. The molecule has 1 aliphatic heterocycles. The number of H-pyrrole nitrogens is 1. The number of aromatic nitrogens is 3. The third-order valence-electron chi connectivity index (χ3n) is 5.20. The first-order valence-corrected chi connectivity index (χ1v) is 9.16. The molecule has 1 unspecified atom stereocenters. The van der Waals surface area contributed by atoms with Crippen LogP contribution in [-0.4, -0.2) is 56.8 Å². The molecular weight excluding hydrogens is 340 g/mol. The second-order valence-corrected chi connectivity index (χ2v) is 7.28. The molecule has 4 rings (SSSR count). The maximum Gasteiger partial charge on any atom is 0.270 e. The van der Waals surface area contributed by atoms with Gasteiger partial charge in [0.05, 0.1) is 6.54 Å². The summed E-state index contributed by atoms with van der Waals surface area (Å²) in [6.45, 7) is 4.11. The number of aromatic amines is 1. The molecule has 2 aromatic heterocycles. The molecule has 3 N–H and O–H groups in total. The molecule has 3 aromatic rings. The topological polar surface area (TPSA) is 91.1 Å². The number of nitrogens with zero attached hydrogens (tertiary/aromatic N) is 4. The molecule has 1 amide bonds. The van der Waals surface area contributed by atoms with Crippen LogP contribution >= 0.6 is 0 Å². The minimum absolute atomic E-state index is 0.0555. The highest BCUT2D eigenvalue weighted by molar-refractivity contribution is 5.98. The summed E-state index contributed by atoms with van der Waals surface area (Å²) in [4.78, 5) is 28.8. The van der Waals surface area contributed by atoms with E-state index in [0.717, 1.165) is 23.9 Å². The molecule has 7 heteroatoms. The molecule has 0 saturated carbocycles. The molecule has 27 heavy (non-hydrogen) atoms. The number of carbonyl (C=O) groups excluding carboxylic acids is 1. The minimum Gasteiger partial charge on any atom is -0.384 e. The van der Waals surface area contributed by atoms with E-state index in [1.165, 1.54) is 5.56 Å². The number of anilines is 1. The smallest absolute Gasteiger partial charge is 0.270 e. The third kappa shape index (κ3) is 3.64. The molecule has 1 aromatic carbocycles. The van der Waals surface area contributed by atoms with Gasteiger partial charge in [-0.25, -0.2) is 9.97 Å². The van der Waals surface area contributed by atoms with E-state index in [-0.39, 0.29) is 11.9 Å². The lowest BCUT2D eigenvalue weighted by Crippen LogP contribution is -2.36. The predicted molar refractivity (Wildman–Crippen MR) is 105 cm³/mol. The van der Waals surface area contributed by atoms with Gasteiger partial charge in [-0.15, -0.1) is 0 Å². The molecule has 0 spiro atoms. The summed E-state index contributed by atoms with van der Waals surface area (Å²) in [5.74, 6) is 1.24. The lowest BCUT2D eigenvalue weighted by Gasteiger charge is -2.23. The monoisotopic (exact) mass is 364 g/mol. The fourth-order valence-corrected chi connectivity index (χ4v) is 3.66. The quantitative estimate of drug-likeness (QED) is 0.740. The van der Waals surface area contributed by atoms with E-state index >= 15 is 0 Å². The van der Waals surface area contributed by atoms with E-state index < -0.39 is 0 Å². The van der Waals surface area contributed by atoms with Crippen molar-refractivity contribution >= 4 is 22.6 Å². The summed E-state index contributed by atoms with van der Waals surface area (Å²) in [6, 6.07) is 10.1. The van der Waals surface area contributed by atoms with Gasteiger partial charge >= 0.3 is 0 Å². The lowest BCUT2D eigenvalue weighted by atomic mass is 10.2. The Morgan fingerprint density at radius 1 is 1.37 bits per heavy atom. The highest BCUT2D eigenvalue weighted by atomic mass is 16.2. The van der Waals surface area contributed by atoms with Crippen LogP contribution < -0.4 is 5.73 Å². The number of likely N-dealkylation sites (tertiary alicyclic amines) is 1. The average molecular weight is 364 g/mol. The number of fused-ring (bicyclic) bond motifs is 1. The molecule has 140 valence electrons. The number of nitrogens with one attached hydrogen (secondary N) is 1. The number of hydrogen-bond acceptors (Lipinski definition) is 5. The number of benzene rings is 1. The van der Waals surface area contributed by atoms with Crippen molar-refractivity contribution in [2.75, 3.05) is 25.9 Å². The highest BCUT2D eigenvalue weighted by Gasteiger charge is 2.30.